The first kappa shape index (κ1) is 12.8. The minimum atomic E-state index is -0.924. The number of hydrogen-bond acceptors (Lipinski definition) is 2. The molecule has 88 valence electrons. The van der Waals surface area contributed by atoms with Crippen LogP contribution in [0, 0.1) is 5.92 Å². The van der Waals surface area contributed by atoms with Crippen LogP contribution >= 0.6 is 11.6 Å². The first-order valence-corrected chi connectivity index (χ1v) is 6.08. The van der Waals surface area contributed by atoms with Gasteiger partial charge in [-0.1, -0.05) is 19.3 Å². The fraction of sp³-hybridized carbons (Fsp3) is 0.909. The maximum Gasteiger partial charge on any atom is 0.322 e. The van der Waals surface area contributed by atoms with Gasteiger partial charge in [0.25, 0.3) is 0 Å². The molecule has 0 heterocycles. The van der Waals surface area contributed by atoms with Crippen molar-refractivity contribution in [3.05, 3.63) is 0 Å². The average molecular weight is 234 g/mol. The maximum atomic E-state index is 10.6. The monoisotopic (exact) mass is 233 g/mol. The average Bonchev–Trinajstić information content (AvgIpc) is 2.18. The number of hydrogen-bond donors (Lipinski definition) is 1. The van der Waals surface area contributed by atoms with Gasteiger partial charge in [0.15, 0.2) is 0 Å². The second-order valence-electron chi connectivity index (χ2n) is 4.53. The number of carbonyl (C=O) groups is 1. The van der Waals surface area contributed by atoms with Gasteiger partial charge < -0.3 is 10.0 Å². The summed E-state index contributed by atoms with van der Waals surface area (Å²) in [6.07, 6.45) is 6.56. The van der Waals surface area contributed by atoms with E-state index in [0.29, 0.717) is 6.54 Å². The number of rotatable bonds is 5. The maximum absolute atomic E-state index is 10.6. The summed E-state index contributed by atoms with van der Waals surface area (Å²) < 4.78 is 0. The predicted octanol–water partition coefficient (Wildman–Crippen LogP) is 2.19. The van der Waals surface area contributed by atoms with Crippen LogP contribution in [0.2, 0.25) is 0 Å². The van der Waals surface area contributed by atoms with Crippen LogP contribution in [0.4, 0.5) is 0 Å². The summed E-state index contributed by atoms with van der Waals surface area (Å²) in [6, 6.07) is 0. The van der Waals surface area contributed by atoms with E-state index in [2.05, 4.69) is 0 Å². The van der Waals surface area contributed by atoms with Gasteiger partial charge in [-0.3, -0.25) is 4.79 Å². The molecule has 0 aliphatic heterocycles. The zero-order valence-corrected chi connectivity index (χ0v) is 10.0. The Labute approximate surface area is 96.4 Å². The molecular weight excluding hydrogens is 214 g/mol. The minimum absolute atomic E-state index is 0.438. The Morgan fingerprint density at radius 1 is 1.47 bits per heavy atom. The Hall–Kier alpha value is -0.280. The van der Waals surface area contributed by atoms with E-state index in [4.69, 9.17) is 16.7 Å². The Balaban J connectivity index is 2.22. The normalized spacial score (nSPS) is 20.5. The molecular formula is C11H20ClNO2. The number of carboxylic acids is 1. The summed E-state index contributed by atoms with van der Waals surface area (Å²) in [5, 5.41) is 7.90. The van der Waals surface area contributed by atoms with Crippen LogP contribution in [0.15, 0.2) is 0 Å². The van der Waals surface area contributed by atoms with Crippen LogP contribution in [0.3, 0.4) is 0 Å². The van der Waals surface area contributed by atoms with E-state index in [1.54, 1.807) is 0 Å². The van der Waals surface area contributed by atoms with Crippen molar-refractivity contribution in [1.29, 1.82) is 0 Å². The van der Waals surface area contributed by atoms with Crippen LogP contribution in [0.5, 0.6) is 0 Å². The minimum Gasteiger partial charge on any atom is -0.480 e. The smallest absolute Gasteiger partial charge is 0.322 e. The van der Waals surface area contributed by atoms with E-state index in [1.165, 1.54) is 32.1 Å². The summed E-state index contributed by atoms with van der Waals surface area (Å²) >= 11 is 5.69. The summed E-state index contributed by atoms with van der Waals surface area (Å²) in [5.74, 6) is -0.187. The molecule has 0 spiro atoms. The summed E-state index contributed by atoms with van der Waals surface area (Å²) in [7, 11) is 1.95. The van der Waals surface area contributed by atoms with Crippen molar-refractivity contribution in [2.24, 2.45) is 5.92 Å². The van der Waals surface area contributed by atoms with Crippen LogP contribution < -0.4 is 0 Å². The summed E-state index contributed by atoms with van der Waals surface area (Å²) in [5.41, 5.74) is 0. The van der Waals surface area contributed by atoms with E-state index in [9.17, 15) is 4.79 Å². The molecule has 0 aromatic carbocycles. The lowest BCUT2D eigenvalue weighted by Crippen LogP contribution is -2.34. The quantitative estimate of drug-likeness (QED) is 0.741. The van der Waals surface area contributed by atoms with Gasteiger partial charge in [-0.05, 0) is 25.8 Å². The van der Waals surface area contributed by atoms with Crippen LogP contribution in [0.25, 0.3) is 0 Å². The zero-order chi connectivity index (χ0) is 11.3. The molecule has 1 rings (SSSR count). The van der Waals surface area contributed by atoms with Crippen molar-refractivity contribution in [3.63, 3.8) is 0 Å². The molecule has 0 radical (unpaired) electrons. The van der Waals surface area contributed by atoms with Crippen molar-refractivity contribution >= 4 is 17.6 Å². The van der Waals surface area contributed by atoms with Crippen LogP contribution in [0.1, 0.15) is 32.1 Å². The molecule has 1 atom stereocenters. The van der Waals surface area contributed by atoms with E-state index in [1.807, 2.05) is 11.9 Å². The first-order chi connectivity index (χ1) is 7.09. The third-order valence-corrected chi connectivity index (χ3v) is 3.36. The van der Waals surface area contributed by atoms with Crippen molar-refractivity contribution in [3.8, 4) is 0 Å². The Morgan fingerprint density at radius 2 is 2.07 bits per heavy atom. The van der Waals surface area contributed by atoms with Gasteiger partial charge in [0.05, 0.1) is 0 Å². The molecule has 3 nitrogen and oxygen atoms in total. The van der Waals surface area contributed by atoms with E-state index < -0.39 is 11.3 Å². The van der Waals surface area contributed by atoms with Gasteiger partial charge in [-0.2, -0.15) is 0 Å². The molecule has 0 bridgehead atoms. The van der Waals surface area contributed by atoms with E-state index in [-0.39, 0.29) is 0 Å². The number of halogens is 1. The summed E-state index contributed by atoms with van der Waals surface area (Å²) in [4.78, 5) is 12.6. The highest BCUT2D eigenvalue weighted by Gasteiger charge is 2.19. The van der Waals surface area contributed by atoms with Gasteiger partial charge in [-0.25, -0.2) is 0 Å². The van der Waals surface area contributed by atoms with Crippen LogP contribution in [-0.2, 0) is 4.79 Å². The molecule has 0 aromatic rings. The van der Waals surface area contributed by atoms with Gasteiger partial charge in [0.1, 0.15) is 5.38 Å². The van der Waals surface area contributed by atoms with Crippen molar-refractivity contribution in [2.45, 2.75) is 37.5 Å². The van der Waals surface area contributed by atoms with Crippen molar-refractivity contribution in [1.82, 2.24) is 4.90 Å². The molecule has 1 fully saturated rings. The fourth-order valence-electron chi connectivity index (χ4n) is 2.24. The topological polar surface area (TPSA) is 40.5 Å². The van der Waals surface area contributed by atoms with Crippen molar-refractivity contribution in [2.75, 3.05) is 20.1 Å². The molecule has 15 heavy (non-hydrogen) atoms. The number of carboxylic acid groups (broad SMARTS) is 1. The molecule has 0 aromatic heterocycles. The SMILES string of the molecule is CN(CC1CCCCC1)CC(Cl)C(=O)O. The Kier molecular flexibility index (Phi) is 5.40. The van der Waals surface area contributed by atoms with Crippen LogP contribution in [-0.4, -0.2) is 41.5 Å². The molecule has 1 saturated carbocycles. The van der Waals surface area contributed by atoms with Gasteiger partial charge in [-0.15, -0.1) is 11.6 Å². The zero-order valence-electron chi connectivity index (χ0n) is 9.29. The number of nitrogens with zero attached hydrogens (tertiary/aromatic N) is 1. The lowest BCUT2D eigenvalue weighted by Gasteiger charge is -2.27. The highest BCUT2D eigenvalue weighted by Crippen LogP contribution is 2.24. The Bertz CT molecular complexity index is 205. The Morgan fingerprint density at radius 3 is 2.60 bits per heavy atom. The largest absolute Gasteiger partial charge is 0.480 e. The number of alkyl halides is 1. The predicted molar refractivity (Wildman–Crippen MR) is 61.3 cm³/mol. The van der Waals surface area contributed by atoms with E-state index >= 15 is 0 Å². The van der Waals surface area contributed by atoms with Gasteiger partial charge in [0, 0.05) is 13.1 Å². The summed E-state index contributed by atoms with van der Waals surface area (Å²) in [6.45, 7) is 1.42. The molecule has 1 aliphatic carbocycles. The molecule has 0 amide bonds. The molecule has 1 aliphatic rings. The highest BCUT2D eigenvalue weighted by molar-refractivity contribution is 6.29. The van der Waals surface area contributed by atoms with Gasteiger partial charge in [0.2, 0.25) is 0 Å². The third kappa shape index (κ3) is 4.85. The van der Waals surface area contributed by atoms with Crippen molar-refractivity contribution < 1.29 is 9.90 Å². The highest BCUT2D eigenvalue weighted by atomic mass is 35.5. The number of aliphatic carboxylic acids is 1. The van der Waals surface area contributed by atoms with Gasteiger partial charge >= 0.3 is 5.97 Å². The molecule has 1 unspecified atom stereocenters. The lowest BCUT2D eigenvalue weighted by molar-refractivity contribution is -0.136. The standard InChI is InChI=1S/C11H20ClNO2/c1-13(8-10(12)11(14)15)7-9-5-3-2-4-6-9/h9-10H,2-8H2,1H3,(H,14,15). The third-order valence-electron chi connectivity index (χ3n) is 3.03. The second-order valence-corrected chi connectivity index (χ2v) is 5.06. The molecule has 1 N–H and O–H groups in total. The first-order valence-electron chi connectivity index (χ1n) is 5.65. The lowest BCUT2D eigenvalue weighted by atomic mass is 9.89. The molecule has 4 heteroatoms. The molecule has 0 saturated heterocycles. The fourth-order valence-corrected chi connectivity index (χ4v) is 2.47. The van der Waals surface area contributed by atoms with E-state index in [0.717, 1.165) is 12.5 Å². The second kappa shape index (κ2) is 6.33.